The number of esters is 1. The number of carbonyl (C=O) groups excluding carboxylic acids is 1. The first-order valence-electron chi connectivity index (χ1n) is 13.1. The van der Waals surface area contributed by atoms with Gasteiger partial charge >= 0.3 is 5.97 Å². The summed E-state index contributed by atoms with van der Waals surface area (Å²) in [6.45, 7) is 17.5. The highest BCUT2D eigenvalue weighted by molar-refractivity contribution is 5.66. The van der Waals surface area contributed by atoms with Gasteiger partial charge in [-0.2, -0.15) is 0 Å². The summed E-state index contributed by atoms with van der Waals surface area (Å²) in [6.07, 6.45) is 15.8. The number of aliphatic hydroxyl groups is 1. The van der Waals surface area contributed by atoms with Crippen molar-refractivity contribution in [1.29, 1.82) is 0 Å². The van der Waals surface area contributed by atoms with Crippen LogP contribution < -0.4 is 0 Å². The molecule has 0 spiro atoms. The van der Waals surface area contributed by atoms with Crippen LogP contribution in [0.15, 0.2) is 47.6 Å². The molecular weight excluding hydrogens is 408 g/mol. The molecule has 0 heterocycles. The molecule has 3 fully saturated rings. The Morgan fingerprint density at radius 3 is 2.58 bits per heavy atom. The van der Waals surface area contributed by atoms with Crippen LogP contribution in [0.5, 0.6) is 0 Å². The largest absolute Gasteiger partial charge is 0.458 e. The molecule has 0 unspecified atom stereocenters. The first-order valence-corrected chi connectivity index (χ1v) is 13.1. The lowest BCUT2D eigenvalue weighted by molar-refractivity contribution is -0.146. The van der Waals surface area contributed by atoms with Crippen molar-refractivity contribution >= 4 is 5.97 Å². The highest BCUT2D eigenvalue weighted by Gasteiger charge is 2.50. The summed E-state index contributed by atoms with van der Waals surface area (Å²) in [4.78, 5) is 11.5. The molecule has 0 amide bonds. The molecule has 7 atom stereocenters. The lowest BCUT2D eigenvalue weighted by Gasteiger charge is -2.44. The predicted octanol–water partition coefficient (Wildman–Crippen LogP) is 7.18. The van der Waals surface area contributed by atoms with Crippen molar-refractivity contribution in [2.24, 2.45) is 35.0 Å². The molecule has 0 aliphatic heterocycles. The minimum absolute atomic E-state index is 0.320. The summed E-state index contributed by atoms with van der Waals surface area (Å²) in [6, 6.07) is 0. The van der Waals surface area contributed by atoms with Gasteiger partial charge in [0, 0.05) is 13.3 Å². The van der Waals surface area contributed by atoms with Crippen LogP contribution in [-0.2, 0) is 9.53 Å². The Morgan fingerprint density at radius 2 is 1.91 bits per heavy atom. The summed E-state index contributed by atoms with van der Waals surface area (Å²) in [5.41, 5.74) is 3.78. The van der Waals surface area contributed by atoms with Crippen molar-refractivity contribution in [1.82, 2.24) is 0 Å². The van der Waals surface area contributed by atoms with Gasteiger partial charge in [-0.3, -0.25) is 4.79 Å². The molecule has 33 heavy (non-hydrogen) atoms. The van der Waals surface area contributed by atoms with Crippen LogP contribution in [0.1, 0.15) is 86.5 Å². The van der Waals surface area contributed by atoms with Gasteiger partial charge in [0.15, 0.2) is 0 Å². The maximum atomic E-state index is 11.5. The second-order valence-electron chi connectivity index (χ2n) is 11.6. The van der Waals surface area contributed by atoms with Gasteiger partial charge in [-0.25, -0.2) is 0 Å². The summed E-state index contributed by atoms with van der Waals surface area (Å²) in [5.74, 6) is 2.97. The Labute approximate surface area is 202 Å². The fourth-order valence-corrected chi connectivity index (χ4v) is 6.62. The molecule has 3 saturated carbocycles. The minimum atomic E-state index is -0.488. The molecule has 3 nitrogen and oxygen atoms in total. The van der Waals surface area contributed by atoms with Gasteiger partial charge in [0.05, 0.1) is 6.10 Å². The highest BCUT2D eigenvalue weighted by atomic mass is 16.5. The number of allylic oxidation sites excluding steroid dienone is 5. The van der Waals surface area contributed by atoms with Gasteiger partial charge in [-0.1, -0.05) is 71.1 Å². The van der Waals surface area contributed by atoms with Crippen LogP contribution in [0.25, 0.3) is 0 Å². The molecule has 0 aromatic rings. The lowest BCUT2D eigenvalue weighted by atomic mass is 9.61. The summed E-state index contributed by atoms with van der Waals surface area (Å²) < 4.78 is 5.41. The first kappa shape index (κ1) is 26.0. The van der Waals surface area contributed by atoms with E-state index in [1.54, 1.807) is 5.57 Å². The molecular formula is C30H46O3. The molecule has 0 bridgehead atoms. The second-order valence-corrected chi connectivity index (χ2v) is 11.6. The van der Waals surface area contributed by atoms with E-state index in [9.17, 15) is 9.90 Å². The molecule has 0 aromatic carbocycles. The van der Waals surface area contributed by atoms with E-state index < -0.39 is 12.2 Å². The smallest absolute Gasteiger partial charge is 0.303 e. The summed E-state index contributed by atoms with van der Waals surface area (Å²) in [5, 5.41) is 10.3. The Morgan fingerprint density at radius 1 is 1.18 bits per heavy atom. The average Bonchev–Trinajstić information content (AvgIpc) is 3.10. The fourth-order valence-electron chi connectivity index (χ4n) is 6.62. The molecule has 3 aliphatic rings. The topological polar surface area (TPSA) is 46.5 Å². The molecule has 0 radical (unpaired) electrons. The number of carbonyl (C=O) groups is 1. The second kappa shape index (κ2) is 10.8. The van der Waals surface area contributed by atoms with Gasteiger partial charge in [-0.15, -0.1) is 0 Å². The van der Waals surface area contributed by atoms with E-state index in [0.29, 0.717) is 41.9 Å². The van der Waals surface area contributed by atoms with Gasteiger partial charge in [0.1, 0.15) is 6.10 Å². The fraction of sp³-hybridized carbons (Fsp3) is 0.700. The Bertz CT molecular complexity index is 816. The zero-order valence-electron chi connectivity index (χ0n) is 21.8. The van der Waals surface area contributed by atoms with Gasteiger partial charge < -0.3 is 9.84 Å². The number of fused-ring (bicyclic) bond motifs is 1. The van der Waals surface area contributed by atoms with Crippen LogP contribution >= 0.6 is 0 Å². The standard InChI is InChI=1S/C30H46O3/c1-19(2)20(3)10-11-21(4)27-14-15-28-24(9-8-16-30(27,28)7)12-13-25-17-26(32)18-29(22(25)5)33-23(6)31/h10-13,19-21,26-29,32H,5,8-9,14-18H2,1-4,6-7H3/t20-,21+,26+,27+,28-,29-,30+/m0/s1. The van der Waals surface area contributed by atoms with Crippen molar-refractivity contribution in [3.8, 4) is 0 Å². The van der Waals surface area contributed by atoms with Gasteiger partial charge in [0.25, 0.3) is 0 Å². The Balaban J connectivity index is 1.77. The molecule has 0 aromatic heterocycles. The van der Waals surface area contributed by atoms with Crippen molar-refractivity contribution in [2.45, 2.75) is 98.7 Å². The first-order chi connectivity index (χ1) is 15.5. The maximum absolute atomic E-state index is 11.5. The van der Waals surface area contributed by atoms with Crippen LogP contribution in [0.2, 0.25) is 0 Å². The van der Waals surface area contributed by atoms with E-state index in [0.717, 1.165) is 23.5 Å². The SMILES string of the molecule is C=C1C(=CC=C2CCC[C@]3(C)[C@@H]([C@H](C)C=C[C@H](C)C(C)C)CC[C@@H]23)C[C@@H](O)C[C@@H]1OC(C)=O. The maximum Gasteiger partial charge on any atom is 0.303 e. The average molecular weight is 455 g/mol. The van der Waals surface area contributed by atoms with E-state index in [4.69, 9.17) is 4.74 Å². The third-order valence-corrected chi connectivity index (χ3v) is 8.99. The van der Waals surface area contributed by atoms with Gasteiger partial charge in [-0.05, 0) is 84.7 Å². The van der Waals surface area contributed by atoms with E-state index >= 15 is 0 Å². The number of aliphatic hydroxyl groups excluding tert-OH is 1. The van der Waals surface area contributed by atoms with E-state index in [2.05, 4.69) is 65.5 Å². The number of hydrogen-bond donors (Lipinski definition) is 1. The number of rotatable bonds is 6. The number of hydrogen-bond acceptors (Lipinski definition) is 3. The molecule has 3 heteroatoms. The quantitative estimate of drug-likeness (QED) is 0.341. The molecule has 3 rings (SSSR count). The van der Waals surface area contributed by atoms with Crippen molar-refractivity contribution in [3.63, 3.8) is 0 Å². The Kier molecular flexibility index (Phi) is 8.48. The zero-order valence-corrected chi connectivity index (χ0v) is 21.8. The van der Waals surface area contributed by atoms with E-state index in [1.807, 2.05) is 0 Å². The Hall–Kier alpha value is -1.61. The normalized spacial score (nSPS) is 37.0. The van der Waals surface area contributed by atoms with Crippen molar-refractivity contribution < 1.29 is 14.6 Å². The zero-order chi connectivity index (χ0) is 24.3. The third kappa shape index (κ3) is 5.91. The molecule has 184 valence electrons. The van der Waals surface area contributed by atoms with Crippen LogP contribution in [-0.4, -0.2) is 23.3 Å². The predicted molar refractivity (Wildman–Crippen MR) is 137 cm³/mol. The van der Waals surface area contributed by atoms with Crippen LogP contribution in [0.4, 0.5) is 0 Å². The summed E-state index contributed by atoms with van der Waals surface area (Å²) in [7, 11) is 0. The summed E-state index contributed by atoms with van der Waals surface area (Å²) >= 11 is 0. The van der Waals surface area contributed by atoms with E-state index in [1.165, 1.54) is 32.6 Å². The van der Waals surface area contributed by atoms with Crippen LogP contribution in [0, 0.1) is 35.0 Å². The molecule has 0 saturated heterocycles. The monoisotopic (exact) mass is 454 g/mol. The van der Waals surface area contributed by atoms with E-state index in [-0.39, 0.29) is 5.97 Å². The number of ether oxygens (including phenoxy) is 1. The van der Waals surface area contributed by atoms with Crippen LogP contribution in [0.3, 0.4) is 0 Å². The van der Waals surface area contributed by atoms with Crippen molar-refractivity contribution in [2.75, 3.05) is 0 Å². The van der Waals surface area contributed by atoms with Crippen molar-refractivity contribution in [3.05, 3.63) is 47.6 Å². The molecule has 3 aliphatic carbocycles. The lowest BCUT2D eigenvalue weighted by Crippen LogP contribution is -2.35. The molecule has 1 N–H and O–H groups in total. The minimum Gasteiger partial charge on any atom is -0.458 e. The highest BCUT2D eigenvalue weighted by Crippen LogP contribution is 2.59. The van der Waals surface area contributed by atoms with Gasteiger partial charge in [0.2, 0.25) is 0 Å². The third-order valence-electron chi connectivity index (χ3n) is 8.99.